The highest BCUT2D eigenvalue weighted by atomic mass is 127. The molecule has 0 bridgehead atoms. The summed E-state index contributed by atoms with van der Waals surface area (Å²) in [5, 5.41) is 10.6. The monoisotopic (exact) mass is 375 g/mol. The van der Waals surface area contributed by atoms with Crippen LogP contribution in [-0.2, 0) is 0 Å². The van der Waals surface area contributed by atoms with Gasteiger partial charge in [0.05, 0.1) is 8.97 Å². The summed E-state index contributed by atoms with van der Waals surface area (Å²) in [6, 6.07) is 7.39. The highest BCUT2D eigenvalue weighted by Crippen LogP contribution is 2.25. The Morgan fingerprint density at radius 1 is 1.32 bits per heavy atom. The number of halogens is 1. The number of nitro groups is 1. The Morgan fingerprint density at radius 3 is 2.42 bits per heavy atom. The van der Waals surface area contributed by atoms with E-state index >= 15 is 0 Å². The zero-order valence-corrected chi connectivity index (χ0v) is 13.3. The quantitative estimate of drug-likeness (QED) is 0.268. The molecule has 5 nitrogen and oxygen atoms in total. The first-order valence-electron chi connectivity index (χ1n) is 6.38. The number of piperazine rings is 1. The predicted molar refractivity (Wildman–Crippen MR) is 85.0 cm³/mol. The van der Waals surface area contributed by atoms with Crippen LogP contribution in [0.4, 0.5) is 11.4 Å². The van der Waals surface area contributed by atoms with Crippen molar-refractivity contribution >= 4 is 34.0 Å². The molecule has 1 aromatic carbocycles. The molecule has 19 heavy (non-hydrogen) atoms. The lowest BCUT2D eigenvalue weighted by Crippen LogP contribution is -2.52. The van der Waals surface area contributed by atoms with E-state index in [0.29, 0.717) is 10.1 Å². The van der Waals surface area contributed by atoms with E-state index in [2.05, 4.69) is 46.2 Å². The van der Waals surface area contributed by atoms with Gasteiger partial charge in [0, 0.05) is 43.5 Å². The molecular weight excluding hydrogens is 357 g/mol. The fraction of sp³-hybridized carbons (Fsp3) is 0.538. The Hall–Kier alpha value is -0.890. The largest absolute Gasteiger partial charge is 0.368 e. The highest BCUT2D eigenvalue weighted by Gasteiger charge is 2.26. The molecule has 1 aliphatic heterocycles. The van der Waals surface area contributed by atoms with Crippen LogP contribution < -0.4 is 4.90 Å². The molecule has 1 heterocycles. The molecule has 0 amide bonds. The Kier molecular flexibility index (Phi) is 4.62. The summed E-state index contributed by atoms with van der Waals surface area (Å²) < 4.78 is 0.474. The minimum Gasteiger partial charge on any atom is -0.368 e. The van der Waals surface area contributed by atoms with Crippen LogP contribution in [0, 0.1) is 10.1 Å². The van der Waals surface area contributed by atoms with Crippen molar-refractivity contribution in [2.75, 3.05) is 24.5 Å². The van der Waals surface area contributed by atoms with E-state index in [1.165, 1.54) is 0 Å². The van der Waals surface area contributed by atoms with Crippen molar-refractivity contribution in [3.8, 4) is 0 Å². The van der Waals surface area contributed by atoms with Crippen LogP contribution in [0.3, 0.4) is 0 Å². The minimum absolute atomic E-state index is 0.149. The van der Waals surface area contributed by atoms with Gasteiger partial charge >= 0.3 is 0 Å². The lowest BCUT2D eigenvalue weighted by atomic mass is 10.2. The fourth-order valence-electron chi connectivity index (χ4n) is 2.36. The van der Waals surface area contributed by atoms with Crippen LogP contribution in [0.5, 0.6) is 0 Å². The van der Waals surface area contributed by atoms with Gasteiger partial charge in [0.1, 0.15) is 0 Å². The number of alkyl halides is 1. The van der Waals surface area contributed by atoms with Crippen LogP contribution in [0.1, 0.15) is 13.8 Å². The van der Waals surface area contributed by atoms with E-state index in [-0.39, 0.29) is 10.6 Å². The summed E-state index contributed by atoms with van der Waals surface area (Å²) >= 11 is 2.47. The maximum absolute atomic E-state index is 10.6. The summed E-state index contributed by atoms with van der Waals surface area (Å²) in [6.45, 7) is 7.38. The molecule has 6 heteroatoms. The molecule has 1 saturated heterocycles. The molecule has 0 aliphatic carbocycles. The van der Waals surface area contributed by atoms with E-state index in [0.717, 1.165) is 25.3 Å². The molecule has 1 aromatic rings. The number of nitrogens with zero attached hydrogens (tertiary/aromatic N) is 3. The third-order valence-corrected chi connectivity index (χ3v) is 4.56. The summed E-state index contributed by atoms with van der Waals surface area (Å²) in [5.74, 6) is 0. The van der Waals surface area contributed by atoms with Gasteiger partial charge in [0.2, 0.25) is 0 Å². The van der Waals surface area contributed by atoms with E-state index in [1.54, 1.807) is 12.1 Å². The van der Waals surface area contributed by atoms with Crippen LogP contribution in [0.25, 0.3) is 0 Å². The van der Waals surface area contributed by atoms with Crippen LogP contribution >= 0.6 is 22.6 Å². The zero-order valence-electron chi connectivity index (χ0n) is 11.1. The third-order valence-electron chi connectivity index (χ3n) is 3.45. The average molecular weight is 375 g/mol. The number of hydrogen-bond acceptors (Lipinski definition) is 4. The molecule has 0 aromatic heterocycles. The SMILES string of the molecule is CC(C)N1CCN(c2ccc([N+](=O)[O-])cc2)CC1I. The lowest BCUT2D eigenvalue weighted by molar-refractivity contribution is -0.384. The minimum atomic E-state index is -0.360. The Bertz CT molecular complexity index is 450. The Morgan fingerprint density at radius 2 is 1.95 bits per heavy atom. The smallest absolute Gasteiger partial charge is 0.269 e. The van der Waals surface area contributed by atoms with E-state index in [4.69, 9.17) is 0 Å². The number of hydrogen-bond donors (Lipinski definition) is 0. The molecule has 1 atom stereocenters. The molecule has 2 rings (SSSR count). The molecule has 1 aliphatic rings. The van der Waals surface area contributed by atoms with Crippen molar-refractivity contribution in [2.45, 2.75) is 23.9 Å². The van der Waals surface area contributed by atoms with Gasteiger partial charge in [-0.15, -0.1) is 0 Å². The van der Waals surface area contributed by atoms with Gasteiger partial charge in [0.15, 0.2) is 0 Å². The van der Waals surface area contributed by atoms with Gasteiger partial charge in [-0.25, -0.2) is 0 Å². The molecular formula is C13H18IN3O2. The van der Waals surface area contributed by atoms with Gasteiger partial charge < -0.3 is 4.90 Å². The fourth-order valence-corrected chi connectivity index (χ4v) is 3.75. The number of anilines is 1. The first-order valence-corrected chi connectivity index (χ1v) is 7.63. The summed E-state index contributed by atoms with van der Waals surface area (Å²) in [4.78, 5) is 15.0. The summed E-state index contributed by atoms with van der Waals surface area (Å²) in [5.41, 5.74) is 1.21. The zero-order chi connectivity index (χ0) is 14.0. The first kappa shape index (κ1) is 14.5. The summed E-state index contributed by atoms with van der Waals surface area (Å²) in [7, 11) is 0. The van der Waals surface area contributed by atoms with Gasteiger partial charge in [-0.2, -0.15) is 0 Å². The van der Waals surface area contributed by atoms with E-state index in [9.17, 15) is 10.1 Å². The second-order valence-electron chi connectivity index (χ2n) is 4.99. The second-order valence-corrected chi connectivity index (χ2v) is 6.42. The van der Waals surface area contributed by atoms with Crippen molar-refractivity contribution in [1.82, 2.24) is 4.90 Å². The molecule has 0 N–H and O–H groups in total. The number of nitro benzene ring substituents is 1. The normalized spacial score (nSPS) is 20.8. The maximum Gasteiger partial charge on any atom is 0.269 e. The topological polar surface area (TPSA) is 49.6 Å². The van der Waals surface area contributed by atoms with Gasteiger partial charge in [-0.05, 0) is 26.0 Å². The Balaban J connectivity index is 2.06. The number of benzene rings is 1. The Labute approximate surface area is 126 Å². The first-order chi connectivity index (χ1) is 8.99. The van der Waals surface area contributed by atoms with Crippen molar-refractivity contribution in [3.05, 3.63) is 34.4 Å². The standard InChI is InChI=1S/C13H18IN3O2/c1-10(2)16-8-7-15(9-13(16)14)11-3-5-12(6-4-11)17(18)19/h3-6,10,13H,7-9H2,1-2H3. The van der Waals surface area contributed by atoms with Crippen molar-refractivity contribution in [1.29, 1.82) is 0 Å². The van der Waals surface area contributed by atoms with Gasteiger partial charge in [-0.1, -0.05) is 22.6 Å². The highest BCUT2D eigenvalue weighted by molar-refractivity contribution is 14.1. The number of rotatable bonds is 3. The third kappa shape index (κ3) is 3.36. The maximum atomic E-state index is 10.6. The van der Waals surface area contributed by atoms with Gasteiger partial charge in [0.25, 0.3) is 5.69 Å². The van der Waals surface area contributed by atoms with Crippen molar-refractivity contribution in [2.24, 2.45) is 0 Å². The number of non-ortho nitro benzene ring substituents is 1. The molecule has 0 spiro atoms. The second kappa shape index (κ2) is 6.04. The summed E-state index contributed by atoms with van der Waals surface area (Å²) in [6.07, 6.45) is 0. The van der Waals surface area contributed by atoms with Crippen LogP contribution in [0.15, 0.2) is 24.3 Å². The van der Waals surface area contributed by atoms with Crippen LogP contribution in [0.2, 0.25) is 0 Å². The predicted octanol–water partition coefficient (Wildman–Crippen LogP) is 2.89. The molecule has 1 fully saturated rings. The van der Waals surface area contributed by atoms with Crippen molar-refractivity contribution < 1.29 is 4.92 Å². The molecule has 0 radical (unpaired) electrons. The van der Waals surface area contributed by atoms with E-state index < -0.39 is 0 Å². The van der Waals surface area contributed by atoms with E-state index in [1.807, 2.05) is 12.1 Å². The van der Waals surface area contributed by atoms with Gasteiger partial charge in [-0.3, -0.25) is 15.0 Å². The lowest BCUT2D eigenvalue weighted by Gasteiger charge is -2.42. The molecule has 104 valence electrons. The van der Waals surface area contributed by atoms with Crippen molar-refractivity contribution in [3.63, 3.8) is 0 Å². The average Bonchev–Trinajstić information content (AvgIpc) is 2.38. The molecule has 0 saturated carbocycles. The molecule has 1 unspecified atom stereocenters. The van der Waals surface area contributed by atoms with Crippen LogP contribution in [-0.4, -0.2) is 39.5 Å².